The van der Waals surface area contributed by atoms with Gasteiger partial charge in [0.05, 0.1) is 17.3 Å². The molecular weight excluding hydrogens is 330 g/mol. The Morgan fingerprint density at radius 3 is 2.78 bits per heavy atom. The van der Waals surface area contributed by atoms with Crippen molar-refractivity contribution < 1.29 is 4.79 Å². The number of carbonyl (C=O) groups excluding carboxylic acids is 1. The Labute approximate surface area is 143 Å². The van der Waals surface area contributed by atoms with E-state index in [1.54, 1.807) is 24.3 Å². The van der Waals surface area contributed by atoms with Crippen LogP contribution >= 0.6 is 22.9 Å². The van der Waals surface area contributed by atoms with Gasteiger partial charge in [0.2, 0.25) is 0 Å². The van der Waals surface area contributed by atoms with Gasteiger partial charge in [0, 0.05) is 35.9 Å². The van der Waals surface area contributed by atoms with Crippen molar-refractivity contribution in [2.24, 2.45) is 0 Å². The second-order valence-corrected chi connectivity index (χ2v) is 6.36. The third-order valence-corrected chi connectivity index (χ3v) is 4.47. The van der Waals surface area contributed by atoms with Gasteiger partial charge in [-0.15, -0.1) is 11.3 Å². The molecule has 3 aromatic rings. The average molecular weight is 344 g/mol. The SMILES string of the molecule is CN(Cc1nc(-c2ccncc2Cl)cs1)C(=O)c1ccccc1. The Hall–Kier alpha value is -2.24. The molecule has 4 nitrogen and oxygen atoms in total. The number of nitrogens with zero attached hydrogens (tertiary/aromatic N) is 3. The van der Waals surface area contributed by atoms with Crippen LogP contribution in [0.25, 0.3) is 11.3 Å². The highest BCUT2D eigenvalue weighted by molar-refractivity contribution is 7.09. The van der Waals surface area contributed by atoms with Crippen molar-refractivity contribution >= 4 is 28.8 Å². The van der Waals surface area contributed by atoms with Gasteiger partial charge in [-0.1, -0.05) is 29.8 Å². The van der Waals surface area contributed by atoms with E-state index in [1.165, 1.54) is 11.3 Å². The number of hydrogen-bond donors (Lipinski definition) is 0. The minimum absolute atomic E-state index is 0.0238. The van der Waals surface area contributed by atoms with Crippen molar-refractivity contribution in [3.63, 3.8) is 0 Å². The molecular formula is C17H14ClN3OS. The molecule has 0 bridgehead atoms. The molecule has 2 aromatic heterocycles. The maximum absolute atomic E-state index is 12.4. The van der Waals surface area contributed by atoms with Crippen LogP contribution in [0.3, 0.4) is 0 Å². The zero-order valence-corrected chi connectivity index (χ0v) is 14.0. The third-order valence-electron chi connectivity index (χ3n) is 3.34. The smallest absolute Gasteiger partial charge is 0.253 e. The average Bonchev–Trinajstić information content (AvgIpc) is 3.03. The van der Waals surface area contributed by atoms with E-state index in [0.29, 0.717) is 17.1 Å². The van der Waals surface area contributed by atoms with Crippen LogP contribution in [0.5, 0.6) is 0 Å². The lowest BCUT2D eigenvalue weighted by Gasteiger charge is -2.15. The number of aromatic nitrogens is 2. The molecule has 3 rings (SSSR count). The summed E-state index contributed by atoms with van der Waals surface area (Å²) in [6, 6.07) is 11.1. The lowest BCUT2D eigenvalue weighted by atomic mass is 10.2. The monoisotopic (exact) mass is 343 g/mol. The number of rotatable bonds is 4. The summed E-state index contributed by atoms with van der Waals surface area (Å²) in [4.78, 5) is 22.6. The number of thiazole rings is 1. The zero-order valence-electron chi connectivity index (χ0n) is 12.4. The summed E-state index contributed by atoms with van der Waals surface area (Å²) in [6.45, 7) is 0.459. The van der Waals surface area contributed by atoms with Crippen molar-refractivity contribution in [3.8, 4) is 11.3 Å². The molecule has 6 heteroatoms. The summed E-state index contributed by atoms with van der Waals surface area (Å²) >= 11 is 7.65. The van der Waals surface area contributed by atoms with Crippen LogP contribution in [0.15, 0.2) is 54.2 Å². The van der Waals surface area contributed by atoms with E-state index in [1.807, 2.05) is 41.8 Å². The number of hydrogen-bond acceptors (Lipinski definition) is 4. The van der Waals surface area contributed by atoms with E-state index in [9.17, 15) is 4.79 Å². The Bertz CT molecular complexity index is 819. The molecule has 0 radical (unpaired) electrons. The first-order valence-corrected chi connectivity index (χ1v) is 8.25. The maximum atomic E-state index is 12.4. The molecule has 23 heavy (non-hydrogen) atoms. The van der Waals surface area contributed by atoms with Crippen LogP contribution in [0, 0.1) is 0 Å². The molecule has 0 saturated carbocycles. The lowest BCUT2D eigenvalue weighted by molar-refractivity contribution is 0.0785. The van der Waals surface area contributed by atoms with Gasteiger partial charge in [-0.25, -0.2) is 4.98 Å². The lowest BCUT2D eigenvalue weighted by Crippen LogP contribution is -2.26. The van der Waals surface area contributed by atoms with E-state index < -0.39 is 0 Å². The number of pyridine rings is 1. The highest BCUT2D eigenvalue weighted by Gasteiger charge is 2.14. The van der Waals surface area contributed by atoms with Crippen LogP contribution in [0.2, 0.25) is 5.02 Å². The van der Waals surface area contributed by atoms with Gasteiger partial charge < -0.3 is 4.90 Å². The van der Waals surface area contributed by atoms with Gasteiger partial charge in [-0.05, 0) is 18.2 Å². The molecule has 0 N–H and O–H groups in total. The van der Waals surface area contributed by atoms with E-state index >= 15 is 0 Å². The Balaban J connectivity index is 1.74. The first-order valence-electron chi connectivity index (χ1n) is 7.00. The van der Waals surface area contributed by atoms with Crippen LogP contribution in [-0.2, 0) is 6.54 Å². The van der Waals surface area contributed by atoms with Crippen LogP contribution in [0.1, 0.15) is 15.4 Å². The molecule has 116 valence electrons. The Morgan fingerprint density at radius 1 is 1.26 bits per heavy atom. The maximum Gasteiger partial charge on any atom is 0.253 e. The highest BCUT2D eigenvalue weighted by Crippen LogP contribution is 2.28. The predicted octanol–water partition coefficient (Wildman–Crippen LogP) is 4.13. The quantitative estimate of drug-likeness (QED) is 0.715. The van der Waals surface area contributed by atoms with Gasteiger partial charge in [0.25, 0.3) is 5.91 Å². The fourth-order valence-electron chi connectivity index (χ4n) is 2.17. The standard InChI is InChI=1S/C17H14ClN3OS/c1-21(17(22)12-5-3-2-4-6-12)10-16-20-15(11-23-16)13-7-8-19-9-14(13)18/h2-9,11H,10H2,1H3. The summed E-state index contributed by atoms with van der Waals surface area (Å²) in [6.07, 6.45) is 3.28. The molecule has 0 spiro atoms. The first-order chi connectivity index (χ1) is 11.1. The molecule has 1 aromatic carbocycles. The van der Waals surface area contributed by atoms with Gasteiger partial charge >= 0.3 is 0 Å². The van der Waals surface area contributed by atoms with E-state index in [0.717, 1.165) is 16.3 Å². The zero-order chi connectivity index (χ0) is 16.2. The van der Waals surface area contributed by atoms with Gasteiger partial charge in [-0.2, -0.15) is 0 Å². The second-order valence-electron chi connectivity index (χ2n) is 5.01. The molecule has 0 aliphatic rings. The number of benzene rings is 1. The summed E-state index contributed by atoms with van der Waals surface area (Å²) in [5.41, 5.74) is 2.32. The van der Waals surface area contributed by atoms with E-state index in [4.69, 9.17) is 11.6 Å². The molecule has 0 unspecified atom stereocenters. The molecule has 0 fully saturated rings. The second kappa shape index (κ2) is 6.89. The molecule has 1 amide bonds. The topological polar surface area (TPSA) is 46.1 Å². The normalized spacial score (nSPS) is 10.5. The number of halogens is 1. The Morgan fingerprint density at radius 2 is 2.04 bits per heavy atom. The molecule has 0 saturated heterocycles. The fraction of sp³-hybridized carbons (Fsp3) is 0.118. The summed E-state index contributed by atoms with van der Waals surface area (Å²) < 4.78 is 0. The van der Waals surface area contributed by atoms with Crippen molar-refractivity contribution in [1.82, 2.24) is 14.9 Å². The van der Waals surface area contributed by atoms with Crippen LogP contribution < -0.4 is 0 Å². The van der Waals surface area contributed by atoms with Gasteiger partial charge in [0.1, 0.15) is 5.01 Å². The third kappa shape index (κ3) is 3.57. The molecule has 0 atom stereocenters. The molecule has 0 aliphatic heterocycles. The van der Waals surface area contributed by atoms with Crippen LogP contribution in [-0.4, -0.2) is 27.8 Å². The van der Waals surface area contributed by atoms with E-state index in [2.05, 4.69) is 9.97 Å². The van der Waals surface area contributed by atoms with Gasteiger partial charge in [-0.3, -0.25) is 9.78 Å². The minimum atomic E-state index is -0.0238. The molecule has 2 heterocycles. The number of carbonyl (C=O) groups is 1. The highest BCUT2D eigenvalue weighted by atomic mass is 35.5. The minimum Gasteiger partial charge on any atom is -0.335 e. The first kappa shape index (κ1) is 15.6. The summed E-state index contributed by atoms with van der Waals surface area (Å²) in [5.74, 6) is -0.0238. The number of amides is 1. The summed E-state index contributed by atoms with van der Waals surface area (Å²) in [7, 11) is 1.77. The summed E-state index contributed by atoms with van der Waals surface area (Å²) in [5, 5.41) is 3.37. The van der Waals surface area contributed by atoms with Gasteiger partial charge in [0.15, 0.2) is 0 Å². The molecule has 0 aliphatic carbocycles. The van der Waals surface area contributed by atoms with Crippen molar-refractivity contribution in [1.29, 1.82) is 0 Å². The predicted molar refractivity (Wildman–Crippen MR) is 92.6 cm³/mol. The van der Waals surface area contributed by atoms with Crippen molar-refractivity contribution in [2.45, 2.75) is 6.54 Å². The van der Waals surface area contributed by atoms with E-state index in [-0.39, 0.29) is 5.91 Å². The fourth-order valence-corrected chi connectivity index (χ4v) is 3.23. The largest absolute Gasteiger partial charge is 0.335 e. The van der Waals surface area contributed by atoms with Crippen LogP contribution in [0.4, 0.5) is 0 Å². The van der Waals surface area contributed by atoms with Crippen molar-refractivity contribution in [3.05, 3.63) is 69.8 Å². The Kier molecular flexibility index (Phi) is 4.69. The van der Waals surface area contributed by atoms with Crippen molar-refractivity contribution in [2.75, 3.05) is 7.05 Å².